The van der Waals surface area contributed by atoms with Crippen LogP contribution in [0.3, 0.4) is 0 Å². The molecular weight excluding hydrogens is 1100 g/mol. The molecule has 35 unspecified atom stereocenters. The molecule has 0 radical (unpaired) electrons. The molecule has 31 nitrogen and oxygen atoms in total. The largest absolute Gasteiger partial charge is 0.394 e. The lowest BCUT2D eigenvalue weighted by Gasteiger charge is -2.51. The molecular formula is C50H86O31. The van der Waals surface area contributed by atoms with Gasteiger partial charge in [-0.3, -0.25) is 0 Å². The predicted octanol–water partition coefficient (Wildman–Crippen LogP) is -8.57. The fourth-order valence-corrected chi connectivity index (χ4v) is 11.5. The average Bonchev–Trinajstić information content (AvgIpc) is 3.49. The van der Waals surface area contributed by atoms with Crippen LogP contribution >= 0.6 is 0 Å². The first-order chi connectivity index (χ1) is 38.7. The molecule has 31 heteroatoms. The predicted molar refractivity (Wildman–Crippen MR) is 260 cm³/mol. The molecule has 0 amide bonds. The van der Waals surface area contributed by atoms with Crippen LogP contribution in [0.1, 0.15) is 53.4 Å². The van der Waals surface area contributed by atoms with Crippen molar-refractivity contribution in [1.82, 2.24) is 0 Å². The van der Waals surface area contributed by atoms with Gasteiger partial charge in [-0.05, 0) is 5.92 Å². The maximum Gasteiger partial charge on any atom is 0.187 e. The molecule has 22 fully saturated rings. The molecule has 81 heavy (non-hydrogen) atoms. The molecule has 21 heterocycles. The summed E-state index contributed by atoms with van der Waals surface area (Å²) in [5.74, 6) is -3.02. The molecule has 1 saturated carbocycles. The summed E-state index contributed by atoms with van der Waals surface area (Å²) in [6.07, 6.45) is -46.6. The number of aliphatic hydroxyl groups excluding tert-OH is 17. The quantitative estimate of drug-likeness (QED) is 0.113. The lowest BCUT2D eigenvalue weighted by molar-refractivity contribution is -0.395. The first-order valence-corrected chi connectivity index (χ1v) is 27.9. The molecule has 1 aliphatic carbocycles. The van der Waals surface area contributed by atoms with Gasteiger partial charge >= 0.3 is 0 Å². The highest BCUT2D eigenvalue weighted by molar-refractivity contribution is 5.01. The van der Waals surface area contributed by atoms with Gasteiger partial charge in [0.1, 0.15) is 128 Å². The molecule has 0 aromatic carbocycles. The smallest absolute Gasteiger partial charge is 0.187 e. The van der Waals surface area contributed by atoms with Crippen LogP contribution in [0, 0.1) is 23.7 Å². The van der Waals surface area contributed by atoms with Crippen LogP contribution in [0.5, 0.6) is 0 Å². The Morgan fingerprint density at radius 3 is 0.691 bits per heavy atom. The van der Waals surface area contributed by atoms with Crippen molar-refractivity contribution >= 4 is 0 Å². The maximum absolute atomic E-state index is 11.7. The molecule has 14 bridgehead atoms. The van der Waals surface area contributed by atoms with E-state index in [1.165, 1.54) is 32.6 Å². The van der Waals surface area contributed by atoms with Gasteiger partial charge in [-0.25, -0.2) is 0 Å². The summed E-state index contributed by atoms with van der Waals surface area (Å²) in [5, 5.41) is 188. The van der Waals surface area contributed by atoms with Gasteiger partial charge in [0.15, 0.2) is 44.0 Å². The van der Waals surface area contributed by atoms with Crippen LogP contribution in [0.15, 0.2) is 0 Å². The topological polar surface area (TPSA) is 473 Å². The third-order valence-corrected chi connectivity index (χ3v) is 17.3. The number of ether oxygens (including phenoxy) is 14. The number of aliphatic hydroxyl groups is 17. The third kappa shape index (κ3) is 13.6. The van der Waals surface area contributed by atoms with E-state index in [0.29, 0.717) is 0 Å². The molecule has 0 spiro atoms. The minimum absolute atomic E-state index is 0.528. The SMILES string of the molecule is C1CCC1.CC1C2OC(CO)C(OC3OC(CO)C(OC4OC(CO)C(OC5OC(CO)C(OC6OC(CO)C(OC7OC(CO)C(OC8OC(CO)C(O2)C(C)C8O)C(O)C7O)C(O)C6O)C(O)C5O)C(O)C4O)C(O)C3C)C1C. The van der Waals surface area contributed by atoms with Crippen molar-refractivity contribution in [3.63, 3.8) is 0 Å². The molecule has 21 saturated heterocycles. The van der Waals surface area contributed by atoms with Gasteiger partial charge in [-0.15, -0.1) is 0 Å². The lowest BCUT2D eigenvalue weighted by Crippen LogP contribution is -2.68. The van der Waals surface area contributed by atoms with E-state index in [2.05, 4.69) is 0 Å². The van der Waals surface area contributed by atoms with Crippen molar-refractivity contribution in [3.05, 3.63) is 0 Å². The van der Waals surface area contributed by atoms with E-state index < -0.39 is 260 Å². The summed E-state index contributed by atoms with van der Waals surface area (Å²) < 4.78 is 83.5. The maximum atomic E-state index is 11.7. The first-order valence-electron chi connectivity index (χ1n) is 27.9. The second-order valence-corrected chi connectivity index (χ2v) is 22.5. The monoisotopic (exact) mass is 1180 g/mol. The van der Waals surface area contributed by atoms with Crippen LogP contribution in [0.4, 0.5) is 0 Å². The molecule has 17 N–H and O–H groups in total. The third-order valence-electron chi connectivity index (χ3n) is 17.3. The van der Waals surface area contributed by atoms with Crippen LogP contribution in [0.25, 0.3) is 0 Å². The number of hydrogen-bond donors (Lipinski definition) is 17. The zero-order valence-electron chi connectivity index (χ0n) is 45.3. The Morgan fingerprint density at radius 1 is 0.210 bits per heavy atom. The zero-order chi connectivity index (χ0) is 58.9. The Labute approximate surface area is 466 Å². The minimum atomic E-state index is -2.14. The second-order valence-electron chi connectivity index (χ2n) is 22.5. The summed E-state index contributed by atoms with van der Waals surface area (Å²) >= 11 is 0. The Balaban J connectivity index is 0.00000206. The van der Waals surface area contributed by atoms with Gasteiger partial charge in [0, 0.05) is 17.8 Å². The van der Waals surface area contributed by atoms with Gasteiger partial charge in [0.2, 0.25) is 0 Å². The van der Waals surface area contributed by atoms with Crippen LogP contribution < -0.4 is 0 Å². The van der Waals surface area contributed by atoms with Gasteiger partial charge in [-0.2, -0.15) is 0 Å². The fraction of sp³-hybridized carbons (Fsp3) is 1.00. The van der Waals surface area contributed by atoms with Gasteiger partial charge in [0.05, 0.1) is 64.6 Å². The summed E-state index contributed by atoms with van der Waals surface area (Å²) in [6, 6.07) is 0. The lowest BCUT2D eigenvalue weighted by atomic mass is 9.83. The van der Waals surface area contributed by atoms with Crippen LogP contribution in [0.2, 0.25) is 0 Å². The van der Waals surface area contributed by atoms with E-state index >= 15 is 0 Å². The Hall–Kier alpha value is -1.24. The molecule has 22 rings (SSSR count). The van der Waals surface area contributed by atoms with Crippen LogP contribution in [-0.2, 0) is 66.3 Å². The second kappa shape index (κ2) is 28.7. The van der Waals surface area contributed by atoms with E-state index in [4.69, 9.17) is 66.3 Å². The zero-order valence-corrected chi connectivity index (χ0v) is 45.3. The minimum Gasteiger partial charge on any atom is -0.394 e. The Kier molecular flexibility index (Phi) is 23.3. The summed E-state index contributed by atoms with van der Waals surface area (Å²) in [5.41, 5.74) is 0. The van der Waals surface area contributed by atoms with Crippen molar-refractivity contribution < 1.29 is 153 Å². The fourth-order valence-electron chi connectivity index (χ4n) is 11.5. The van der Waals surface area contributed by atoms with Crippen LogP contribution in [-0.4, -0.2) is 324 Å². The van der Waals surface area contributed by atoms with Crippen molar-refractivity contribution in [2.24, 2.45) is 23.7 Å². The number of rotatable bonds is 7. The van der Waals surface area contributed by atoms with Crippen molar-refractivity contribution in [3.8, 4) is 0 Å². The molecule has 21 aliphatic heterocycles. The van der Waals surface area contributed by atoms with Crippen molar-refractivity contribution in [1.29, 1.82) is 0 Å². The molecule has 22 aliphatic rings. The van der Waals surface area contributed by atoms with Gasteiger partial charge in [-0.1, -0.05) is 53.4 Å². The van der Waals surface area contributed by atoms with E-state index in [-0.39, 0.29) is 0 Å². The highest BCUT2D eigenvalue weighted by Gasteiger charge is 2.59. The van der Waals surface area contributed by atoms with E-state index in [9.17, 15) is 86.8 Å². The highest BCUT2D eigenvalue weighted by atomic mass is 16.8. The summed E-state index contributed by atoms with van der Waals surface area (Å²) in [6.45, 7) is 0.601. The first kappa shape index (κ1) is 65.7. The molecule has 35 atom stereocenters. The average molecular weight is 1180 g/mol. The normalized spacial score (nSPS) is 53.8. The Bertz CT molecular complexity index is 1530. The van der Waals surface area contributed by atoms with Gasteiger partial charge < -0.3 is 153 Å². The summed E-state index contributed by atoms with van der Waals surface area (Å²) in [4.78, 5) is 0. The number of hydrogen-bond acceptors (Lipinski definition) is 31. The molecule has 0 aromatic rings. The molecule has 472 valence electrons. The summed E-state index contributed by atoms with van der Waals surface area (Å²) in [7, 11) is 0. The van der Waals surface area contributed by atoms with E-state index in [0.717, 1.165) is 0 Å². The standard InChI is InChI=1S/C46H78O31.C4H8/c1-12-13(2)40-64-16(5-47)33(12)71-41-15(4)23(54)35(18(7-49)65-41)73-43-29(60)26(57)37(20(9-51)67-43)75-45-31(62)28(59)39(22(11-53)69-45)77-46-32(63)27(58)38(21(10-52)70-46)76-44-30(61)25(56)36(19(8-50)68-44)74-42-24(55)14(3)34(72-40)17(6-48)66-42;1-2-4-3-1/h12-63H,5-11H2,1-4H3;1-4H2. The van der Waals surface area contributed by atoms with Gasteiger partial charge in [0.25, 0.3) is 0 Å². The Morgan fingerprint density at radius 2 is 0.420 bits per heavy atom. The van der Waals surface area contributed by atoms with Crippen molar-refractivity contribution in [2.75, 3.05) is 46.2 Å². The van der Waals surface area contributed by atoms with E-state index in [1.54, 1.807) is 20.8 Å². The van der Waals surface area contributed by atoms with E-state index in [1.807, 2.05) is 0 Å². The molecule has 0 aromatic heterocycles. The highest BCUT2D eigenvalue weighted by Crippen LogP contribution is 2.42. The van der Waals surface area contributed by atoms with Crippen molar-refractivity contribution in [2.45, 2.75) is 244 Å².